The first-order valence-corrected chi connectivity index (χ1v) is 6.43. The average Bonchev–Trinajstić information content (AvgIpc) is 2.78. The minimum absolute atomic E-state index is 0.0493. The van der Waals surface area contributed by atoms with Crippen LogP contribution < -0.4 is 0 Å². The first-order valence-electron chi connectivity index (χ1n) is 6.43. The normalized spacial score (nSPS) is 19.9. The Morgan fingerprint density at radius 3 is 2.29 bits per heavy atom. The molecule has 1 aliphatic rings. The summed E-state index contributed by atoms with van der Waals surface area (Å²) in [5.74, 6) is -0.409. The molecular formula is C13H23NO3. The van der Waals surface area contributed by atoms with Crippen molar-refractivity contribution in [2.45, 2.75) is 52.0 Å². The molecule has 98 valence electrons. The van der Waals surface area contributed by atoms with Crippen LogP contribution in [0.15, 0.2) is 0 Å². The van der Waals surface area contributed by atoms with E-state index < -0.39 is 12.0 Å². The molecule has 0 spiro atoms. The van der Waals surface area contributed by atoms with E-state index in [4.69, 9.17) is 5.11 Å². The van der Waals surface area contributed by atoms with E-state index in [-0.39, 0.29) is 11.8 Å². The van der Waals surface area contributed by atoms with E-state index in [0.717, 1.165) is 6.42 Å². The SMILES string of the molecule is CC(CC1CCCC1)C(=O)N(C)C(C)C(=O)O. The summed E-state index contributed by atoms with van der Waals surface area (Å²) in [4.78, 5) is 24.2. The fourth-order valence-electron chi connectivity index (χ4n) is 2.55. The standard InChI is InChI=1S/C13H23NO3/c1-9(8-11-6-4-5-7-11)12(15)14(3)10(2)13(16)17/h9-11H,4-8H2,1-3H3,(H,16,17). The van der Waals surface area contributed by atoms with Crippen LogP contribution in [0.25, 0.3) is 0 Å². The Kier molecular flexibility index (Phi) is 4.97. The van der Waals surface area contributed by atoms with E-state index in [1.807, 2.05) is 6.92 Å². The molecule has 2 unspecified atom stereocenters. The van der Waals surface area contributed by atoms with E-state index in [1.54, 1.807) is 14.0 Å². The van der Waals surface area contributed by atoms with E-state index >= 15 is 0 Å². The summed E-state index contributed by atoms with van der Waals surface area (Å²) in [6, 6.07) is -0.742. The zero-order valence-corrected chi connectivity index (χ0v) is 11.0. The largest absolute Gasteiger partial charge is 0.480 e. The summed E-state index contributed by atoms with van der Waals surface area (Å²) >= 11 is 0. The Morgan fingerprint density at radius 2 is 1.82 bits per heavy atom. The number of aliphatic carboxylic acids is 1. The highest BCUT2D eigenvalue weighted by Gasteiger charge is 2.28. The van der Waals surface area contributed by atoms with E-state index in [2.05, 4.69) is 0 Å². The topological polar surface area (TPSA) is 57.6 Å². The van der Waals surface area contributed by atoms with Gasteiger partial charge in [-0.1, -0.05) is 32.6 Å². The maximum atomic E-state index is 12.0. The number of hydrogen-bond donors (Lipinski definition) is 1. The van der Waals surface area contributed by atoms with Gasteiger partial charge in [-0.2, -0.15) is 0 Å². The highest BCUT2D eigenvalue weighted by atomic mass is 16.4. The second-order valence-corrected chi connectivity index (χ2v) is 5.25. The number of hydrogen-bond acceptors (Lipinski definition) is 2. The smallest absolute Gasteiger partial charge is 0.326 e. The van der Waals surface area contributed by atoms with Crippen LogP contribution >= 0.6 is 0 Å². The lowest BCUT2D eigenvalue weighted by atomic mass is 9.93. The number of rotatable bonds is 5. The number of nitrogens with zero attached hydrogens (tertiary/aromatic N) is 1. The third-order valence-corrected chi connectivity index (χ3v) is 3.87. The van der Waals surface area contributed by atoms with Crippen molar-refractivity contribution >= 4 is 11.9 Å². The van der Waals surface area contributed by atoms with Crippen LogP contribution in [0.1, 0.15) is 46.0 Å². The number of likely N-dealkylation sites (N-methyl/N-ethyl adjacent to an activating group) is 1. The van der Waals surface area contributed by atoms with Gasteiger partial charge >= 0.3 is 5.97 Å². The Morgan fingerprint density at radius 1 is 1.29 bits per heavy atom. The lowest BCUT2D eigenvalue weighted by Gasteiger charge is -2.26. The molecule has 0 saturated heterocycles. The van der Waals surface area contributed by atoms with Crippen LogP contribution in [0.3, 0.4) is 0 Å². The molecule has 0 bridgehead atoms. The lowest BCUT2D eigenvalue weighted by Crippen LogP contribution is -2.43. The van der Waals surface area contributed by atoms with Crippen molar-refractivity contribution in [3.05, 3.63) is 0 Å². The lowest BCUT2D eigenvalue weighted by molar-refractivity contribution is -0.149. The average molecular weight is 241 g/mol. The number of carbonyl (C=O) groups is 2. The van der Waals surface area contributed by atoms with Gasteiger partial charge in [-0.05, 0) is 19.3 Å². The third kappa shape index (κ3) is 3.72. The van der Waals surface area contributed by atoms with Crippen LogP contribution in [0.2, 0.25) is 0 Å². The Labute approximate surface area is 103 Å². The molecule has 0 heterocycles. The fraction of sp³-hybridized carbons (Fsp3) is 0.846. The van der Waals surface area contributed by atoms with Crippen molar-refractivity contribution in [2.24, 2.45) is 11.8 Å². The minimum Gasteiger partial charge on any atom is -0.480 e. The molecule has 0 aromatic carbocycles. The molecule has 1 aliphatic carbocycles. The zero-order valence-electron chi connectivity index (χ0n) is 11.0. The summed E-state index contributed by atoms with van der Waals surface area (Å²) in [6.45, 7) is 3.45. The predicted molar refractivity (Wildman–Crippen MR) is 65.6 cm³/mol. The second kappa shape index (κ2) is 6.03. The predicted octanol–water partition coefficient (Wildman–Crippen LogP) is 2.13. The highest BCUT2D eigenvalue weighted by molar-refractivity contribution is 5.84. The maximum Gasteiger partial charge on any atom is 0.326 e. The van der Waals surface area contributed by atoms with Crippen LogP contribution in [-0.4, -0.2) is 35.0 Å². The molecule has 1 amide bonds. The summed E-state index contributed by atoms with van der Waals surface area (Å²) in [7, 11) is 1.58. The summed E-state index contributed by atoms with van der Waals surface area (Å²) in [5, 5.41) is 8.87. The van der Waals surface area contributed by atoms with Gasteiger partial charge in [-0.3, -0.25) is 4.79 Å². The molecule has 0 aromatic rings. The van der Waals surface area contributed by atoms with Gasteiger partial charge in [0.15, 0.2) is 0 Å². The van der Waals surface area contributed by atoms with Crippen LogP contribution in [0.5, 0.6) is 0 Å². The van der Waals surface area contributed by atoms with Gasteiger partial charge in [0.1, 0.15) is 6.04 Å². The number of amides is 1. The first-order chi connectivity index (χ1) is 7.93. The molecule has 1 rings (SSSR count). The molecule has 0 radical (unpaired) electrons. The molecule has 1 fully saturated rings. The van der Waals surface area contributed by atoms with Crippen molar-refractivity contribution < 1.29 is 14.7 Å². The van der Waals surface area contributed by atoms with Crippen LogP contribution in [0, 0.1) is 11.8 Å². The van der Waals surface area contributed by atoms with Crippen LogP contribution in [0.4, 0.5) is 0 Å². The Hall–Kier alpha value is -1.06. The van der Waals surface area contributed by atoms with Gasteiger partial charge in [-0.25, -0.2) is 4.79 Å². The first kappa shape index (κ1) is 14.0. The van der Waals surface area contributed by atoms with Gasteiger partial charge in [0.25, 0.3) is 0 Å². The molecule has 4 nitrogen and oxygen atoms in total. The summed E-state index contributed by atoms with van der Waals surface area (Å²) < 4.78 is 0. The second-order valence-electron chi connectivity index (χ2n) is 5.25. The van der Waals surface area contributed by atoms with E-state index in [9.17, 15) is 9.59 Å². The van der Waals surface area contributed by atoms with Gasteiger partial charge < -0.3 is 10.0 Å². The zero-order chi connectivity index (χ0) is 13.0. The van der Waals surface area contributed by atoms with Gasteiger partial charge in [0.2, 0.25) is 5.91 Å². The summed E-state index contributed by atoms with van der Waals surface area (Å²) in [5.41, 5.74) is 0. The molecular weight excluding hydrogens is 218 g/mol. The van der Waals surface area contributed by atoms with Gasteiger partial charge in [-0.15, -0.1) is 0 Å². The molecule has 4 heteroatoms. The van der Waals surface area contributed by atoms with Crippen molar-refractivity contribution in [3.8, 4) is 0 Å². The quantitative estimate of drug-likeness (QED) is 0.802. The Balaban J connectivity index is 2.47. The fourth-order valence-corrected chi connectivity index (χ4v) is 2.55. The summed E-state index contributed by atoms with van der Waals surface area (Å²) in [6.07, 6.45) is 5.88. The monoisotopic (exact) mass is 241 g/mol. The van der Waals surface area contributed by atoms with Crippen LogP contribution in [-0.2, 0) is 9.59 Å². The van der Waals surface area contributed by atoms with E-state index in [0.29, 0.717) is 5.92 Å². The highest BCUT2D eigenvalue weighted by Crippen LogP contribution is 2.30. The number of carboxylic acid groups (broad SMARTS) is 1. The molecule has 1 N–H and O–H groups in total. The third-order valence-electron chi connectivity index (χ3n) is 3.87. The maximum absolute atomic E-state index is 12.0. The minimum atomic E-state index is -0.950. The van der Waals surface area contributed by atoms with Crippen molar-refractivity contribution in [1.29, 1.82) is 0 Å². The molecule has 0 aliphatic heterocycles. The van der Waals surface area contributed by atoms with Gasteiger partial charge in [0.05, 0.1) is 0 Å². The molecule has 17 heavy (non-hydrogen) atoms. The molecule has 1 saturated carbocycles. The van der Waals surface area contributed by atoms with Gasteiger partial charge in [0, 0.05) is 13.0 Å². The van der Waals surface area contributed by atoms with Crippen molar-refractivity contribution in [1.82, 2.24) is 4.90 Å². The molecule has 0 aromatic heterocycles. The molecule has 2 atom stereocenters. The van der Waals surface area contributed by atoms with Crippen molar-refractivity contribution in [2.75, 3.05) is 7.05 Å². The van der Waals surface area contributed by atoms with Crippen molar-refractivity contribution in [3.63, 3.8) is 0 Å². The van der Waals surface area contributed by atoms with E-state index in [1.165, 1.54) is 30.6 Å². The number of carbonyl (C=O) groups excluding carboxylic acids is 1. The number of carboxylic acids is 1. The Bertz CT molecular complexity index is 284.